The summed E-state index contributed by atoms with van der Waals surface area (Å²) in [7, 11) is 1.63. The van der Waals surface area contributed by atoms with Gasteiger partial charge in [-0.25, -0.2) is 0 Å². The fourth-order valence-corrected chi connectivity index (χ4v) is 1.22. The average Bonchev–Trinajstić information content (AvgIpc) is 2.55. The fourth-order valence-electron chi connectivity index (χ4n) is 1.22. The molecule has 1 aliphatic rings. The van der Waals surface area contributed by atoms with E-state index >= 15 is 0 Å². The first-order valence-corrected chi connectivity index (χ1v) is 4.55. The molecule has 0 aliphatic carbocycles. The third-order valence-corrected chi connectivity index (χ3v) is 1.93. The zero-order valence-corrected chi connectivity index (χ0v) is 8.44. The molecule has 1 saturated heterocycles. The Bertz CT molecular complexity index is 139. The highest BCUT2D eigenvalue weighted by Crippen LogP contribution is 2.24. The normalized spacial score (nSPS) is 27.3. The summed E-state index contributed by atoms with van der Waals surface area (Å²) in [6, 6.07) is 0. The van der Waals surface area contributed by atoms with Crippen molar-refractivity contribution in [2.45, 2.75) is 39.2 Å². The highest BCUT2D eigenvalue weighted by atomic mass is 16.5. The van der Waals surface area contributed by atoms with Gasteiger partial charge in [0.2, 0.25) is 0 Å². The number of likely N-dealkylation sites (N-methyl/N-ethyl adjacent to an activating group) is 1. The van der Waals surface area contributed by atoms with Crippen molar-refractivity contribution in [1.29, 1.82) is 0 Å². The Labute approximate surface area is 74.5 Å². The number of nitrogens with one attached hydrogen (secondary N) is 1. The molecule has 1 heterocycles. The molecule has 3 heteroatoms. The van der Waals surface area contributed by atoms with Gasteiger partial charge in [0.25, 0.3) is 5.91 Å². The van der Waals surface area contributed by atoms with E-state index < -0.39 is 5.60 Å². The van der Waals surface area contributed by atoms with Gasteiger partial charge in [-0.1, -0.05) is 13.8 Å². The van der Waals surface area contributed by atoms with Crippen molar-refractivity contribution in [3.05, 3.63) is 0 Å². The molecule has 12 heavy (non-hydrogen) atoms. The molecular weight excluding hydrogens is 154 g/mol. The van der Waals surface area contributed by atoms with Crippen molar-refractivity contribution in [3.63, 3.8) is 0 Å². The van der Waals surface area contributed by atoms with Gasteiger partial charge in [0.05, 0.1) is 0 Å². The van der Waals surface area contributed by atoms with Crippen LogP contribution in [0.2, 0.25) is 0 Å². The van der Waals surface area contributed by atoms with Crippen LogP contribution in [0.25, 0.3) is 0 Å². The topological polar surface area (TPSA) is 38.3 Å². The molecule has 0 spiro atoms. The molecule has 0 saturated carbocycles. The number of ether oxygens (including phenoxy) is 1. The lowest BCUT2D eigenvalue weighted by Gasteiger charge is -2.19. The first kappa shape index (κ1) is 11.4. The highest BCUT2D eigenvalue weighted by molar-refractivity contribution is 5.84. The summed E-state index contributed by atoms with van der Waals surface area (Å²) in [4.78, 5) is 11.1. The van der Waals surface area contributed by atoms with Crippen LogP contribution in [0.1, 0.15) is 33.6 Å². The minimum absolute atomic E-state index is 0.00926. The molecule has 1 aliphatic heterocycles. The molecule has 1 amide bonds. The number of hydrogen-bond acceptors (Lipinski definition) is 2. The second-order valence-electron chi connectivity index (χ2n) is 2.76. The molecule has 0 radical (unpaired) electrons. The minimum Gasteiger partial charge on any atom is -0.365 e. The summed E-state index contributed by atoms with van der Waals surface area (Å²) in [6.45, 7) is 6.54. The van der Waals surface area contributed by atoms with Crippen LogP contribution in [-0.4, -0.2) is 25.2 Å². The van der Waals surface area contributed by atoms with Crippen LogP contribution in [-0.2, 0) is 9.53 Å². The van der Waals surface area contributed by atoms with Crippen molar-refractivity contribution in [3.8, 4) is 0 Å². The molecule has 0 aromatic rings. The van der Waals surface area contributed by atoms with E-state index in [-0.39, 0.29) is 5.91 Å². The quantitative estimate of drug-likeness (QED) is 0.649. The van der Waals surface area contributed by atoms with E-state index in [2.05, 4.69) is 5.32 Å². The Kier molecular flexibility index (Phi) is 4.90. The second kappa shape index (κ2) is 5.14. The van der Waals surface area contributed by atoms with Gasteiger partial charge >= 0.3 is 0 Å². The fraction of sp³-hybridized carbons (Fsp3) is 0.889. The third kappa shape index (κ3) is 2.48. The van der Waals surface area contributed by atoms with Gasteiger partial charge in [0.1, 0.15) is 5.60 Å². The molecule has 0 aromatic carbocycles. The van der Waals surface area contributed by atoms with Crippen LogP contribution in [0.15, 0.2) is 0 Å². The van der Waals surface area contributed by atoms with Gasteiger partial charge < -0.3 is 10.1 Å². The van der Waals surface area contributed by atoms with Gasteiger partial charge in [0, 0.05) is 13.7 Å². The van der Waals surface area contributed by atoms with Crippen molar-refractivity contribution < 1.29 is 9.53 Å². The van der Waals surface area contributed by atoms with Crippen LogP contribution in [0.5, 0.6) is 0 Å². The highest BCUT2D eigenvalue weighted by Gasteiger charge is 2.36. The van der Waals surface area contributed by atoms with Gasteiger partial charge in [-0.05, 0) is 19.8 Å². The zero-order chi connectivity index (χ0) is 9.61. The number of rotatable bonds is 1. The van der Waals surface area contributed by atoms with Crippen molar-refractivity contribution in [2.75, 3.05) is 13.7 Å². The van der Waals surface area contributed by atoms with E-state index in [1.807, 2.05) is 20.8 Å². The molecule has 0 bridgehead atoms. The second-order valence-corrected chi connectivity index (χ2v) is 2.76. The maximum atomic E-state index is 11.1. The SMILES string of the molecule is CC.CNC(=O)C1(C)CCCO1. The third-order valence-electron chi connectivity index (χ3n) is 1.93. The smallest absolute Gasteiger partial charge is 0.251 e. The van der Waals surface area contributed by atoms with Crippen LogP contribution < -0.4 is 5.32 Å². The summed E-state index contributed by atoms with van der Waals surface area (Å²) < 4.78 is 5.28. The van der Waals surface area contributed by atoms with E-state index in [0.717, 1.165) is 12.8 Å². The standard InChI is InChI=1S/C7H13NO2.C2H6/c1-7(6(9)8-2)4-3-5-10-7;1-2/h3-5H2,1-2H3,(H,8,9);1-2H3. The van der Waals surface area contributed by atoms with Gasteiger partial charge in [-0.2, -0.15) is 0 Å². The molecular formula is C9H19NO2. The van der Waals surface area contributed by atoms with Crippen LogP contribution in [0.4, 0.5) is 0 Å². The van der Waals surface area contributed by atoms with Crippen molar-refractivity contribution in [2.24, 2.45) is 0 Å². The van der Waals surface area contributed by atoms with Crippen molar-refractivity contribution >= 4 is 5.91 Å². The largest absolute Gasteiger partial charge is 0.365 e. The molecule has 3 nitrogen and oxygen atoms in total. The van der Waals surface area contributed by atoms with Gasteiger partial charge in [0.15, 0.2) is 0 Å². The summed E-state index contributed by atoms with van der Waals surface area (Å²) in [6.07, 6.45) is 1.83. The summed E-state index contributed by atoms with van der Waals surface area (Å²) in [5, 5.41) is 2.58. The summed E-state index contributed by atoms with van der Waals surface area (Å²) in [5.41, 5.74) is -0.547. The van der Waals surface area contributed by atoms with Gasteiger partial charge in [-0.3, -0.25) is 4.79 Å². The maximum Gasteiger partial charge on any atom is 0.251 e. The first-order valence-electron chi connectivity index (χ1n) is 4.55. The molecule has 0 aromatic heterocycles. The molecule has 1 fully saturated rings. The minimum atomic E-state index is -0.547. The molecule has 1 unspecified atom stereocenters. The van der Waals surface area contributed by atoms with Crippen LogP contribution >= 0.6 is 0 Å². The van der Waals surface area contributed by atoms with E-state index in [0.29, 0.717) is 6.61 Å². The van der Waals surface area contributed by atoms with Crippen molar-refractivity contribution in [1.82, 2.24) is 5.32 Å². The summed E-state index contributed by atoms with van der Waals surface area (Å²) >= 11 is 0. The average molecular weight is 173 g/mol. The monoisotopic (exact) mass is 173 g/mol. The van der Waals surface area contributed by atoms with Crippen LogP contribution in [0.3, 0.4) is 0 Å². The molecule has 72 valence electrons. The number of hydrogen-bond donors (Lipinski definition) is 1. The van der Waals surface area contributed by atoms with E-state index in [4.69, 9.17) is 4.74 Å². The Morgan fingerprint density at radius 3 is 2.42 bits per heavy atom. The Balaban J connectivity index is 0.000000561. The van der Waals surface area contributed by atoms with E-state index in [1.165, 1.54) is 0 Å². The van der Waals surface area contributed by atoms with E-state index in [1.54, 1.807) is 7.05 Å². The molecule has 1 atom stereocenters. The zero-order valence-electron chi connectivity index (χ0n) is 8.44. The molecule has 1 rings (SSSR count). The first-order chi connectivity index (χ1) is 5.69. The molecule has 1 N–H and O–H groups in total. The summed E-state index contributed by atoms with van der Waals surface area (Å²) in [5.74, 6) is -0.00926. The lowest BCUT2D eigenvalue weighted by molar-refractivity contribution is -0.138. The Hall–Kier alpha value is -0.570. The predicted octanol–water partition coefficient (Wildman–Crippen LogP) is 1.33. The van der Waals surface area contributed by atoms with E-state index in [9.17, 15) is 4.79 Å². The number of carbonyl (C=O) groups excluding carboxylic acids is 1. The number of carbonyl (C=O) groups is 1. The lowest BCUT2D eigenvalue weighted by Crippen LogP contribution is -2.42. The Morgan fingerprint density at radius 1 is 1.50 bits per heavy atom. The maximum absolute atomic E-state index is 11.1. The van der Waals surface area contributed by atoms with Gasteiger partial charge in [-0.15, -0.1) is 0 Å². The Morgan fingerprint density at radius 2 is 2.08 bits per heavy atom. The lowest BCUT2D eigenvalue weighted by atomic mass is 10.0. The van der Waals surface area contributed by atoms with Crippen LogP contribution in [0, 0.1) is 0 Å². The number of amides is 1. The predicted molar refractivity (Wildman–Crippen MR) is 49.0 cm³/mol.